The van der Waals surface area contributed by atoms with Crippen molar-refractivity contribution in [1.29, 1.82) is 0 Å². The first kappa shape index (κ1) is 5.61. The normalized spacial score (nSPS) is 69.5. The lowest BCUT2D eigenvalue weighted by atomic mass is 9.78. The van der Waals surface area contributed by atoms with Crippen LogP contribution >= 0.6 is 0 Å². The predicted molar refractivity (Wildman–Crippen MR) is 44.1 cm³/mol. The van der Waals surface area contributed by atoms with E-state index in [1.54, 1.807) is 25.7 Å². The second-order valence-corrected chi connectivity index (χ2v) is 5.64. The van der Waals surface area contributed by atoms with Gasteiger partial charge in [-0.25, -0.2) is 0 Å². The summed E-state index contributed by atoms with van der Waals surface area (Å²) < 4.78 is 0. The van der Waals surface area contributed by atoms with Crippen LogP contribution in [0, 0.1) is 28.6 Å². The zero-order chi connectivity index (χ0) is 7.27. The lowest BCUT2D eigenvalue weighted by Gasteiger charge is -2.28. The third-order valence-electron chi connectivity index (χ3n) is 5.56. The van der Waals surface area contributed by atoms with Crippen molar-refractivity contribution in [3.05, 3.63) is 0 Å². The summed E-state index contributed by atoms with van der Waals surface area (Å²) in [6.45, 7) is 2.47. The van der Waals surface area contributed by atoms with E-state index in [0.29, 0.717) is 0 Å². The molecule has 4 atom stereocenters. The zero-order valence-corrected chi connectivity index (χ0v) is 7.27. The molecule has 11 heavy (non-hydrogen) atoms. The molecule has 4 aliphatic rings. The highest BCUT2D eigenvalue weighted by Gasteiger charge is 3.04. The molecule has 0 radical (unpaired) electrons. The van der Waals surface area contributed by atoms with Crippen LogP contribution in [-0.2, 0) is 0 Å². The van der Waals surface area contributed by atoms with Crippen LogP contribution in [0.1, 0.15) is 39.0 Å². The van der Waals surface area contributed by atoms with Crippen molar-refractivity contribution in [3.8, 4) is 0 Å². The van der Waals surface area contributed by atoms with E-state index < -0.39 is 0 Å². The summed E-state index contributed by atoms with van der Waals surface area (Å²) in [6, 6.07) is 0. The highest BCUT2D eigenvalue weighted by Crippen LogP contribution is 3.09. The number of hydrogen-bond acceptors (Lipinski definition) is 0. The van der Waals surface area contributed by atoms with Crippen molar-refractivity contribution in [3.63, 3.8) is 0 Å². The Bertz CT molecular complexity index is 240. The minimum atomic E-state index is 0.998. The quantitative estimate of drug-likeness (QED) is 0.565. The molecule has 0 bridgehead atoms. The SMILES string of the molecule is CC1C2C3(CC4CCC4)CC123. The second kappa shape index (κ2) is 1.20. The highest BCUT2D eigenvalue weighted by atomic mass is 15.1. The van der Waals surface area contributed by atoms with Gasteiger partial charge in [-0.1, -0.05) is 26.2 Å². The predicted octanol–water partition coefficient (Wildman–Crippen LogP) is 2.83. The van der Waals surface area contributed by atoms with Gasteiger partial charge in [-0.05, 0) is 41.4 Å². The molecule has 0 saturated heterocycles. The van der Waals surface area contributed by atoms with Crippen LogP contribution in [0.3, 0.4) is 0 Å². The fraction of sp³-hybridized carbons (Fsp3) is 1.00. The molecule has 0 nitrogen and oxygen atoms in total. The molecule has 0 heterocycles. The molecule has 0 N–H and O–H groups in total. The summed E-state index contributed by atoms with van der Waals surface area (Å²) >= 11 is 0. The van der Waals surface area contributed by atoms with Gasteiger partial charge in [0.15, 0.2) is 0 Å². The molecule has 1 spiro atoms. The lowest BCUT2D eigenvalue weighted by molar-refractivity contribution is 0.237. The van der Waals surface area contributed by atoms with Gasteiger partial charge >= 0.3 is 0 Å². The van der Waals surface area contributed by atoms with E-state index in [0.717, 1.165) is 16.7 Å². The highest BCUT2D eigenvalue weighted by molar-refractivity contribution is 5.51. The van der Waals surface area contributed by atoms with Crippen LogP contribution in [-0.4, -0.2) is 0 Å². The van der Waals surface area contributed by atoms with E-state index in [9.17, 15) is 0 Å². The molecule has 4 fully saturated rings. The van der Waals surface area contributed by atoms with Crippen LogP contribution in [0.5, 0.6) is 0 Å². The third kappa shape index (κ3) is 0.363. The minimum Gasteiger partial charge on any atom is -0.0616 e. The second-order valence-electron chi connectivity index (χ2n) is 5.64. The first-order valence-electron chi connectivity index (χ1n) is 5.31. The Balaban J connectivity index is 1.48. The van der Waals surface area contributed by atoms with Crippen molar-refractivity contribution in [2.75, 3.05) is 0 Å². The number of fused-ring (bicyclic) bond motifs is 1. The van der Waals surface area contributed by atoms with Gasteiger partial charge in [0.1, 0.15) is 0 Å². The van der Waals surface area contributed by atoms with Crippen molar-refractivity contribution < 1.29 is 0 Å². The minimum absolute atomic E-state index is 0.998. The van der Waals surface area contributed by atoms with Crippen molar-refractivity contribution >= 4 is 0 Å². The van der Waals surface area contributed by atoms with E-state index in [4.69, 9.17) is 0 Å². The van der Waals surface area contributed by atoms with E-state index in [-0.39, 0.29) is 0 Å². The average molecular weight is 148 g/mol. The van der Waals surface area contributed by atoms with Crippen molar-refractivity contribution in [2.45, 2.75) is 39.0 Å². The molecule has 0 aromatic carbocycles. The Labute approximate surface area is 68.4 Å². The van der Waals surface area contributed by atoms with Crippen molar-refractivity contribution in [1.82, 2.24) is 0 Å². The first-order chi connectivity index (χ1) is 5.31. The molecule has 0 aliphatic heterocycles. The van der Waals surface area contributed by atoms with E-state index >= 15 is 0 Å². The van der Waals surface area contributed by atoms with Gasteiger partial charge in [0.2, 0.25) is 0 Å². The summed E-state index contributed by atoms with van der Waals surface area (Å²) in [5, 5.41) is 0. The van der Waals surface area contributed by atoms with Crippen LogP contribution in [0.25, 0.3) is 0 Å². The molecule has 0 aromatic rings. The molecule has 4 aliphatic carbocycles. The van der Waals surface area contributed by atoms with Gasteiger partial charge in [-0.2, -0.15) is 0 Å². The Morgan fingerprint density at radius 2 is 2.09 bits per heavy atom. The summed E-state index contributed by atoms with van der Waals surface area (Å²) in [5.41, 5.74) is 2.00. The van der Waals surface area contributed by atoms with Gasteiger partial charge in [0.05, 0.1) is 0 Å². The summed E-state index contributed by atoms with van der Waals surface area (Å²) in [6.07, 6.45) is 7.95. The van der Waals surface area contributed by atoms with Gasteiger partial charge in [-0.3, -0.25) is 0 Å². The maximum absolute atomic E-state index is 2.47. The Morgan fingerprint density at radius 3 is 2.45 bits per heavy atom. The maximum atomic E-state index is 2.47. The Kier molecular flexibility index (Phi) is 0.611. The Hall–Kier alpha value is 0. The molecule has 60 valence electrons. The smallest absolute Gasteiger partial charge is 0.0167 e. The Morgan fingerprint density at radius 1 is 1.36 bits per heavy atom. The molecule has 4 unspecified atom stereocenters. The van der Waals surface area contributed by atoms with Gasteiger partial charge in [-0.15, -0.1) is 0 Å². The fourth-order valence-corrected chi connectivity index (χ4v) is 4.52. The topological polar surface area (TPSA) is 0 Å². The third-order valence-corrected chi connectivity index (χ3v) is 5.56. The fourth-order valence-electron chi connectivity index (χ4n) is 4.52. The molecular formula is C11H16. The first-order valence-corrected chi connectivity index (χ1v) is 5.31. The maximum Gasteiger partial charge on any atom is -0.0167 e. The number of hydrogen-bond donors (Lipinski definition) is 0. The summed E-state index contributed by atoms with van der Waals surface area (Å²) in [4.78, 5) is 0. The standard InChI is InChI=1S/C11H16/c1-7-9-10(6-11(7,9)10)5-8-3-2-4-8/h7-9H,2-6H2,1H3. The average Bonchev–Trinajstić information content (AvgIpc) is 2.68. The molecular weight excluding hydrogens is 132 g/mol. The molecule has 0 heteroatoms. The summed E-state index contributed by atoms with van der Waals surface area (Å²) in [5.74, 6) is 3.58. The summed E-state index contributed by atoms with van der Waals surface area (Å²) in [7, 11) is 0. The van der Waals surface area contributed by atoms with Crippen LogP contribution in [0.2, 0.25) is 0 Å². The van der Waals surface area contributed by atoms with Crippen molar-refractivity contribution in [2.24, 2.45) is 28.6 Å². The van der Waals surface area contributed by atoms with E-state index in [2.05, 4.69) is 6.92 Å². The largest absolute Gasteiger partial charge is 0.0616 e. The van der Waals surface area contributed by atoms with E-state index in [1.165, 1.54) is 18.3 Å². The lowest BCUT2D eigenvalue weighted by Crippen LogP contribution is -2.16. The van der Waals surface area contributed by atoms with Gasteiger partial charge in [0.25, 0.3) is 0 Å². The monoisotopic (exact) mass is 148 g/mol. The molecule has 4 rings (SSSR count). The van der Waals surface area contributed by atoms with E-state index in [1.807, 2.05) is 0 Å². The van der Waals surface area contributed by atoms with Crippen LogP contribution in [0.15, 0.2) is 0 Å². The van der Waals surface area contributed by atoms with Crippen LogP contribution < -0.4 is 0 Å². The molecule has 0 aromatic heterocycles. The molecule has 0 amide bonds. The number of rotatable bonds is 2. The van der Waals surface area contributed by atoms with Gasteiger partial charge in [0, 0.05) is 0 Å². The zero-order valence-electron chi connectivity index (χ0n) is 7.27. The van der Waals surface area contributed by atoms with Gasteiger partial charge < -0.3 is 0 Å². The molecule has 4 saturated carbocycles. The van der Waals surface area contributed by atoms with Crippen LogP contribution in [0.4, 0.5) is 0 Å².